The minimum Gasteiger partial charge on any atom is -0.487 e. The van der Waals surface area contributed by atoms with E-state index in [0.717, 1.165) is 24.0 Å². The van der Waals surface area contributed by atoms with E-state index in [9.17, 15) is 9.59 Å². The first-order valence-corrected chi connectivity index (χ1v) is 17.4. The number of nitrogens with zero attached hydrogens (tertiary/aromatic N) is 3. The monoisotopic (exact) mass is 807 g/mol. The van der Waals surface area contributed by atoms with Gasteiger partial charge in [-0.15, -0.1) is 11.3 Å². The summed E-state index contributed by atoms with van der Waals surface area (Å²) in [6, 6.07) is 25.8. The molecule has 0 N–H and O–H groups in total. The van der Waals surface area contributed by atoms with Gasteiger partial charge >= 0.3 is 5.97 Å². The van der Waals surface area contributed by atoms with Crippen molar-refractivity contribution in [2.75, 3.05) is 6.61 Å². The Balaban J connectivity index is 1.51. The zero-order chi connectivity index (χ0) is 31.5. The highest BCUT2D eigenvalue weighted by molar-refractivity contribution is 14.1. The normalized spacial score (nSPS) is 14.4. The van der Waals surface area contributed by atoms with Gasteiger partial charge < -0.3 is 9.47 Å². The van der Waals surface area contributed by atoms with Gasteiger partial charge in [0.05, 0.1) is 37.6 Å². The molecular formula is C34H23BrIN3O4S2. The van der Waals surface area contributed by atoms with E-state index in [1.807, 2.05) is 78.2 Å². The van der Waals surface area contributed by atoms with Gasteiger partial charge in [0.2, 0.25) is 0 Å². The first kappa shape index (κ1) is 31.2. The third kappa shape index (κ3) is 6.46. The highest BCUT2D eigenvalue weighted by Crippen LogP contribution is 2.37. The van der Waals surface area contributed by atoms with Crippen molar-refractivity contribution in [1.82, 2.24) is 4.57 Å². The van der Waals surface area contributed by atoms with E-state index in [2.05, 4.69) is 44.6 Å². The molecule has 2 aromatic heterocycles. The van der Waals surface area contributed by atoms with Gasteiger partial charge in [0.15, 0.2) is 4.80 Å². The van der Waals surface area contributed by atoms with E-state index in [1.54, 1.807) is 23.6 Å². The predicted molar refractivity (Wildman–Crippen MR) is 188 cm³/mol. The lowest BCUT2D eigenvalue weighted by atomic mass is 9.97. The number of ether oxygens (including phenoxy) is 2. The van der Waals surface area contributed by atoms with E-state index in [4.69, 9.17) is 19.7 Å². The number of thiazole rings is 1. The molecule has 3 aromatic carbocycles. The van der Waals surface area contributed by atoms with Gasteiger partial charge in [0.25, 0.3) is 5.56 Å². The van der Waals surface area contributed by atoms with Gasteiger partial charge in [0.1, 0.15) is 18.4 Å². The number of rotatable bonds is 8. The number of carbonyl (C=O) groups excluding carboxylic acids is 1. The SMILES string of the molecule is CCOC(=O)C1=C(c2ccccc2)N=c2s/c(=C\c3cc(Br)cc(I)c3OCc3ccc(C#N)cc3)c(=O)n2[C@@H]1c1cccs1. The molecular weight excluding hydrogens is 785 g/mol. The van der Waals surface area contributed by atoms with E-state index in [1.165, 1.54) is 22.7 Å². The number of fused-ring (bicyclic) bond motifs is 1. The average Bonchev–Trinajstić information content (AvgIpc) is 3.69. The van der Waals surface area contributed by atoms with Crippen molar-refractivity contribution < 1.29 is 14.3 Å². The summed E-state index contributed by atoms with van der Waals surface area (Å²) in [4.78, 5) is 34.0. The number of thiophene rings is 1. The molecule has 1 aliphatic rings. The Bertz CT molecular complexity index is 2150. The summed E-state index contributed by atoms with van der Waals surface area (Å²) in [5.41, 5.74) is 3.52. The van der Waals surface area contributed by atoms with Crippen LogP contribution in [0.3, 0.4) is 0 Å². The fraction of sp³-hybridized carbons (Fsp3) is 0.118. The maximum absolute atomic E-state index is 14.2. The fourth-order valence-electron chi connectivity index (χ4n) is 4.97. The Labute approximate surface area is 288 Å². The Morgan fingerprint density at radius 3 is 2.60 bits per heavy atom. The van der Waals surface area contributed by atoms with Crippen LogP contribution in [0.2, 0.25) is 0 Å². The van der Waals surface area contributed by atoms with Crippen molar-refractivity contribution in [3.63, 3.8) is 0 Å². The summed E-state index contributed by atoms with van der Waals surface area (Å²) in [7, 11) is 0. The lowest BCUT2D eigenvalue weighted by Crippen LogP contribution is -2.39. The molecule has 0 spiro atoms. The molecule has 0 fully saturated rings. The Kier molecular flexibility index (Phi) is 9.46. The van der Waals surface area contributed by atoms with Gasteiger partial charge in [-0.3, -0.25) is 9.36 Å². The topological polar surface area (TPSA) is 93.7 Å². The molecule has 0 aliphatic carbocycles. The molecule has 0 saturated carbocycles. The Hall–Kier alpha value is -3.83. The molecule has 0 bridgehead atoms. The van der Waals surface area contributed by atoms with Crippen LogP contribution in [-0.4, -0.2) is 17.1 Å². The maximum Gasteiger partial charge on any atom is 0.338 e. The number of esters is 1. The number of benzene rings is 3. The van der Waals surface area contributed by atoms with Crippen LogP contribution >= 0.6 is 61.2 Å². The number of carbonyl (C=O) groups is 1. The van der Waals surface area contributed by atoms with Gasteiger partial charge in [-0.2, -0.15) is 5.26 Å². The van der Waals surface area contributed by atoms with Crippen molar-refractivity contribution in [2.45, 2.75) is 19.6 Å². The van der Waals surface area contributed by atoms with Crippen molar-refractivity contribution in [1.29, 1.82) is 5.26 Å². The summed E-state index contributed by atoms with van der Waals surface area (Å²) in [5, 5.41) is 11.0. The van der Waals surface area contributed by atoms with Crippen molar-refractivity contribution in [3.8, 4) is 11.8 Å². The zero-order valence-corrected chi connectivity index (χ0v) is 29.1. The standard InChI is InChI=1S/C34H23BrIN3O4S2/c1-2-42-33(41)28-29(22-7-4-3-5-8-22)38-34-39(30(28)26-9-6-14-44-26)32(40)27(45-34)16-23-15-24(35)17-25(36)31(23)43-19-21-12-10-20(18-37)11-13-21/h3-17,30H,2,19H2,1H3/b27-16-/t30-/m1/s1. The third-order valence-electron chi connectivity index (χ3n) is 6.98. The number of hydrogen-bond acceptors (Lipinski definition) is 8. The zero-order valence-electron chi connectivity index (χ0n) is 23.7. The summed E-state index contributed by atoms with van der Waals surface area (Å²) in [5.74, 6) is 0.119. The molecule has 224 valence electrons. The molecule has 1 atom stereocenters. The number of hydrogen-bond donors (Lipinski definition) is 0. The van der Waals surface area contributed by atoms with Gasteiger partial charge in [0, 0.05) is 20.5 Å². The highest BCUT2D eigenvalue weighted by atomic mass is 127. The number of nitriles is 1. The van der Waals surface area contributed by atoms with Crippen LogP contribution in [-0.2, 0) is 16.1 Å². The van der Waals surface area contributed by atoms with Crippen LogP contribution in [0.5, 0.6) is 5.75 Å². The summed E-state index contributed by atoms with van der Waals surface area (Å²) in [6.07, 6.45) is 1.81. The molecule has 6 rings (SSSR count). The molecule has 0 unspecified atom stereocenters. The second kappa shape index (κ2) is 13.7. The predicted octanol–water partition coefficient (Wildman–Crippen LogP) is 6.81. The number of aromatic nitrogens is 1. The van der Waals surface area contributed by atoms with Crippen molar-refractivity contribution >= 4 is 78.9 Å². The quantitative estimate of drug-likeness (QED) is 0.127. The van der Waals surface area contributed by atoms with E-state index >= 15 is 0 Å². The third-order valence-corrected chi connectivity index (χ3v) is 10.1. The minimum atomic E-state index is -0.701. The Morgan fingerprint density at radius 1 is 1.13 bits per heavy atom. The second-order valence-electron chi connectivity index (χ2n) is 9.85. The lowest BCUT2D eigenvalue weighted by molar-refractivity contribution is -0.138. The molecule has 5 aromatic rings. The molecule has 3 heterocycles. The lowest BCUT2D eigenvalue weighted by Gasteiger charge is -2.24. The second-order valence-corrected chi connectivity index (χ2v) is 13.9. The van der Waals surface area contributed by atoms with Crippen LogP contribution in [0, 0.1) is 14.9 Å². The highest BCUT2D eigenvalue weighted by Gasteiger charge is 2.35. The van der Waals surface area contributed by atoms with Crippen LogP contribution in [0.15, 0.2) is 104 Å². The first-order valence-electron chi connectivity index (χ1n) is 13.8. The molecule has 0 radical (unpaired) electrons. The minimum absolute atomic E-state index is 0.193. The fourth-order valence-corrected chi connectivity index (χ4v) is 8.49. The first-order chi connectivity index (χ1) is 21.9. The largest absolute Gasteiger partial charge is 0.487 e. The molecule has 45 heavy (non-hydrogen) atoms. The van der Waals surface area contributed by atoms with E-state index in [-0.39, 0.29) is 18.8 Å². The van der Waals surface area contributed by atoms with Crippen molar-refractivity contribution in [3.05, 3.63) is 145 Å². The van der Waals surface area contributed by atoms with E-state index in [0.29, 0.717) is 37.5 Å². The summed E-state index contributed by atoms with van der Waals surface area (Å²) in [6.45, 7) is 2.24. The number of halogens is 2. The molecule has 7 nitrogen and oxygen atoms in total. The van der Waals surface area contributed by atoms with Gasteiger partial charge in [-0.1, -0.05) is 75.8 Å². The molecule has 0 amide bonds. The summed E-state index contributed by atoms with van der Waals surface area (Å²) < 4.78 is 15.6. The molecule has 1 aliphatic heterocycles. The summed E-state index contributed by atoms with van der Waals surface area (Å²) >= 11 is 8.54. The molecule has 0 saturated heterocycles. The average molecular weight is 809 g/mol. The van der Waals surface area contributed by atoms with E-state index < -0.39 is 12.0 Å². The molecule has 11 heteroatoms. The Morgan fingerprint density at radius 2 is 1.91 bits per heavy atom. The van der Waals surface area contributed by atoms with Gasteiger partial charge in [-0.25, -0.2) is 9.79 Å². The van der Waals surface area contributed by atoms with Crippen LogP contribution in [0.25, 0.3) is 11.8 Å². The maximum atomic E-state index is 14.2. The van der Waals surface area contributed by atoms with Crippen LogP contribution in [0.1, 0.15) is 40.1 Å². The van der Waals surface area contributed by atoms with Crippen LogP contribution in [0.4, 0.5) is 0 Å². The van der Waals surface area contributed by atoms with Gasteiger partial charge in [-0.05, 0) is 76.9 Å². The smallest absolute Gasteiger partial charge is 0.338 e. The van der Waals surface area contributed by atoms with Crippen molar-refractivity contribution in [2.24, 2.45) is 4.99 Å². The van der Waals surface area contributed by atoms with Crippen LogP contribution < -0.4 is 19.6 Å².